The van der Waals surface area contributed by atoms with E-state index in [9.17, 15) is 13.2 Å². The van der Waals surface area contributed by atoms with Gasteiger partial charge in [-0.05, 0) is 24.1 Å². The normalized spacial score (nSPS) is 20.8. The SMILES string of the molecule is O=C(N[C@H]1CCS(=O)(=O)C1)N[C@@H](c1ccccc1)c1ccco1. The second-order valence-corrected chi connectivity index (χ2v) is 7.81. The van der Waals surface area contributed by atoms with Gasteiger partial charge in [0.25, 0.3) is 0 Å². The standard InChI is InChI=1S/C16H18N2O4S/c19-16(17-13-8-10-23(20,21)11-13)18-15(14-7-4-9-22-14)12-5-2-1-3-6-12/h1-7,9,13,15H,8,10-11H2,(H2,17,18,19)/t13-,15-/m0/s1. The second-order valence-electron chi connectivity index (χ2n) is 5.58. The van der Waals surface area contributed by atoms with E-state index in [0.29, 0.717) is 12.2 Å². The maximum atomic E-state index is 12.2. The average Bonchev–Trinajstić information content (AvgIpc) is 3.15. The van der Waals surface area contributed by atoms with Gasteiger partial charge in [-0.25, -0.2) is 13.2 Å². The predicted molar refractivity (Wildman–Crippen MR) is 85.7 cm³/mol. The molecule has 3 rings (SSSR count). The third-order valence-electron chi connectivity index (χ3n) is 3.80. The molecule has 0 unspecified atom stereocenters. The van der Waals surface area contributed by atoms with Gasteiger partial charge in [-0.2, -0.15) is 0 Å². The molecule has 6 nitrogen and oxygen atoms in total. The first-order valence-corrected chi connectivity index (χ1v) is 9.21. The van der Waals surface area contributed by atoms with Gasteiger partial charge in [-0.1, -0.05) is 30.3 Å². The van der Waals surface area contributed by atoms with Crippen molar-refractivity contribution in [1.29, 1.82) is 0 Å². The summed E-state index contributed by atoms with van der Waals surface area (Å²) in [6, 6.07) is 11.8. The number of sulfone groups is 1. The Labute approximate surface area is 134 Å². The molecule has 0 spiro atoms. The van der Waals surface area contributed by atoms with Crippen molar-refractivity contribution in [2.24, 2.45) is 0 Å². The number of benzene rings is 1. The smallest absolute Gasteiger partial charge is 0.315 e. The van der Waals surface area contributed by atoms with Crippen LogP contribution in [0.3, 0.4) is 0 Å². The van der Waals surface area contributed by atoms with Gasteiger partial charge in [0.1, 0.15) is 11.8 Å². The van der Waals surface area contributed by atoms with Crippen molar-refractivity contribution in [3.63, 3.8) is 0 Å². The highest BCUT2D eigenvalue weighted by atomic mass is 32.2. The van der Waals surface area contributed by atoms with E-state index in [1.165, 1.54) is 0 Å². The lowest BCUT2D eigenvalue weighted by Gasteiger charge is -2.19. The Morgan fingerprint density at radius 2 is 1.96 bits per heavy atom. The number of hydrogen-bond donors (Lipinski definition) is 2. The van der Waals surface area contributed by atoms with Crippen LogP contribution in [0.1, 0.15) is 23.8 Å². The molecule has 23 heavy (non-hydrogen) atoms. The minimum absolute atomic E-state index is 0.00280. The summed E-state index contributed by atoms with van der Waals surface area (Å²) >= 11 is 0. The molecule has 2 atom stereocenters. The molecule has 1 aliphatic heterocycles. The topological polar surface area (TPSA) is 88.4 Å². The van der Waals surface area contributed by atoms with E-state index >= 15 is 0 Å². The minimum Gasteiger partial charge on any atom is -0.467 e. The van der Waals surface area contributed by atoms with Crippen LogP contribution < -0.4 is 10.6 Å². The molecule has 1 fully saturated rings. The lowest BCUT2D eigenvalue weighted by Crippen LogP contribution is -2.44. The summed E-state index contributed by atoms with van der Waals surface area (Å²) in [7, 11) is -3.03. The predicted octanol–water partition coefficient (Wildman–Crippen LogP) is 1.86. The van der Waals surface area contributed by atoms with Crippen molar-refractivity contribution in [3.8, 4) is 0 Å². The fourth-order valence-corrected chi connectivity index (χ4v) is 4.36. The summed E-state index contributed by atoms with van der Waals surface area (Å²) < 4.78 is 28.3. The molecule has 1 aromatic heterocycles. The van der Waals surface area contributed by atoms with E-state index in [4.69, 9.17) is 4.42 Å². The van der Waals surface area contributed by atoms with Gasteiger partial charge < -0.3 is 15.1 Å². The number of carbonyl (C=O) groups is 1. The number of hydrogen-bond acceptors (Lipinski definition) is 4. The fourth-order valence-electron chi connectivity index (χ4n) is 2.69. The zero-order valence-electron chi connectivity index (χ0n) is 12.4. The highest BCUT2D eigenvalue weighted by molar-refractivity contribution is 7.91. The van der Waals surface area contributed by atoms with E-state index in [2.05, 4.69) is 10.6 Å². The Bertz CT molecular complexity index is 757. The third-order valence-corrected chi connectivity index (χ3v) is 5.57. The summed E-state index contributed by atoms with van der Waals surface area (Å²) in [4.78, 5) is 12.2. The van der Waals surface area contributed by atoms with Crippen molar-refractivity contribution in [1.82, 2.24) is 10.6 Å². The van der Waals surface area contributed by atoms with E-state index < -0.39 is 21.9 Å². The molecule has 2 amide bonds. The first-order valence-electron chi connectivity index (χ1n) is 7.39. The van der Waals surface area contributed by atoms with E-state index in [0.717, 1.165) is 5.56 Å². The number of urea groups is 1. The first-order chi connectivity index (χ1) is 11.0. The summed E-state index contributed by atoms with van der Waals surface area (Å²) in [5.74, 6) is 0.737. The number of furan rings is 1. The Hall–Kier alpha value is -2.28. The van der Waals surface area contributed by atoms with Crippen LogP contribution in [-0.4, -0.2) is 32.0 Å². The fraction of sp³-hybridized carbons (Fsp3) is 0.312. The lowest BCUT2D eigenvalue weighted by atomic mass is 10.0. The molecule has 0 saturated carbocycles. The molecule has 122 valence electrons. The summed E-state index contributed by atoms with van der Waals surface area (Å²) in [5, 5.41) is 5.58. The van der Waals surface area contributed by atoms with Gasteiger partial charge in [0.15, 0.2) is 9.84 Å². The molecule has 1 aromatic carbocycles. The molecule has 7 heteroatoms. The van der Waals surface area contributed by atoms with Gasteiger partial charge in [0.2, 0.25) is 0 Å². The maximum absolute atomic E-state index is 12.2. The van der Waals surface area contributed by atoms with Gasteiger partial charge >= 0.3 is 6.03 Å². The van der Waals surface area contributed by atoms with Crippen molar-refractivity contribution >= 4 is 15.9 Å². The zero-order chi connectivity index (χ0) is 16.3. The Morgan fingerprint density at radius 1 is 1.17 bits per heavy atom. The van der Waals surface area contributed by atoms with Gasteiger partial charge in [-0.15, -0.1) is 0 Å². The van der Waals surface area contributed by atoms with Crippen LogP contribution in [0.15, 0.2) is 53.1 Å². The third kappa shape index (κ3) is 3.92. The van der Waals surface area contributed by atoms with Crippen LogP contribution in [0.25, 0.3) is 0 Å². The summed E-state index contributed by atoms with van der Waals surface area (Å²) in [6.07, 6.45) is 2.00. The molecular weight excluding hydrogens is 316 g/mol. The monoisotopic (exact) mass is 334 g/mol. The van der Waals surface area contributed by atoms with Gasteiger partial charge in [-0.3, -0.25) is 0 Å². The average molecular weight is 334 g/mol. The Balaban J connectivity index is 1.71. The first kappa shape index (κ1) is 15.6. The summed E-state index contributed by atoms with van der Waals surface area (Å²) in [6.45, 7) is 0. The van der Waals surface area contributed by atoms with Gasteiger partial charge in [0, 0.05) is 6.04 Å². The van der Waals surface area contributed by atoms with Crippen LogP contribution in [0.5, 0.6) is 0 Å². The lowest BCUT2D eigenvalue weighted by molar-refractivity contribution is 0.234. The molecule has 2 aromatic rings. The Morgan fingerprint density at radius 3 is 2.57 bits per heavy atom. The van der Waals surface area contributed by atoms with Crippen LogP contribution in [0.2, 0.25) is 0 Å². The van der Waals surface area contributed by atoms with Gasteiger partial charge in [0.05, 0.1) is 17.8 Å². The molecule has 0 radical (unpaired) electrons. The largest absolute Gasteiger partial charge is 0.467 e. The van der Waals surface area contributed by atoms with Crippen LogP contribution in [0, 0.1) is 0 Å². The Kier molecular flexibility index (Phi) is 4.38. The molecule has 1 aliphatic rings. The van der Waals surface area contributed by atoms with Crippen LogP contribution in [0.4, 0.5) is 4.79 Å². The number of amides is 2. The maximum Gasteiger partial charge on any atom is 0.315 e. The van der Waals surface area contributed by atoms with Crippen molar-refractivity contribution in [2.45, 2.75) is 18.5 Å². The molecule has 0 bridgehead atoms. The van der Waals surface area contributed by atoms with Crippen molar-refractivity contribution < 1.29 is 17.6 Å². The highest BCUT2D eigenvalue weighted by Gasteiger charge is 2.29. The van der Waals surface area contributed by atoms with Crippen molar-refractivity contribution in [2.75, 3.05) is 11.5 Å². The van der Waals surface area contributed by atoms with Crippen LogP contribution >= 0.6 is 0 Å². The van der Waals surface area contributed by atoms with E-state index in [-0.39, 0.29) is 17.5 Å². The number of carbonyl (C=O) groups excluding carboxylic acids is 1. The van der Waals surface area contributed by atoms with Crippen LogP contribution in [-0.2, 0) is 9.84 Å². The van der Waals surface area contributed by atoms with Crippen molar-refractivity contribution in [3.05, 3.63) is 60.1 Å². The number of nitrogens with one attached hydrogen (secondary N) is 2. The molecule has 0 aliphatic carbocycles. The zero-order valence-corrected chi connectivity index (χ0v) is 13.3. The quantitative estimate of drug-likeness (QED) is 0.893. The molecular formula is C16H18N2O4S. The molecule has 2 heterocycles. The molecule has 1 saturated heterocycles. The number of rotatable bonds is 4. The summed E-state index contributed by atoms with van der Waals surface area (Å²) in [5.41, 5.74) is 0.886. The molecule has 2 N–H and O–H groups in total. The van der Waals surface area contributed by atoms with E-state index in [1.807, 2.05) is 30.3 Å². The highest BCUT2D eigenvalue weighted by Crippen LogP contribution is 2.22. The minimum atomic E-state index is -3.03. The second kappa shape index (κ2) is 6.45. The van der Waals surface area contributed by atoms with E-state index in [1.54, 1.807) is 18.4 Å².